The van der Waals surface area contributed by atoms with Crippen LogP contribution in [0.5, 0.6) is 0 Å². The Morgan fingerprint density at radius 1 is 0.800 bits per heavy atom. The standard InChI is InChI=1S/C18H26ClN/c19-15-10-12-16(13-11-15)20-18-9-5-4-8-17(18)14-6-2-1-3-7-14/h10-14,17-18,20H,1-9H2. The minimum Gasteiger partial charge on any atom is -0.382 e. The van der Waals surface area contributed by atoms with E-state index in [-0.39, 0.29) is 0 Å². The molecule has 2 aliphatic carbocycles. The maximum absolute atomic E-state index is 5.98. The third kappa shape index (κ3) is 3.49. The molecule has 20 heavy (non-hydrogen) atoms. The summed E-state index contributed by atoms with van der Waals surface area (Å²) in [6, 6.07) is 8.89. The lowest BCUT2D eigenvalue weighted by atomic mass is 9.71. The summed E-state index contributed by atoms with van der Waals surface area (Å²) in [6.45, 7) is 0. The van der Waals surface area contributed by atoms with Crippen LogP contribution in [0.15, 0.2) is 24.3 Å². The molecule has 1 aromatic carbocycles. The fourth-order valence-corrected chi connectivity index (χ4v) is 4.35. The summed E-state index contributed by atoms with van der Waals surface area (Å²) in [4.78, 5) is 0. The van der Waals surface area contributed by atoms with Crippen molar-refractivity contribution >= 4 is 17.3 Å². The molecule has 2 atom stereocenters. The van der Waals surface area contributed by atoms with E-state index in [2.05, 4.69) is 17.4 Å². The van der Waals surface area contributed by atoms with Crippen LogP contribution in [0.3, 0.4) is 0 Å². The molecule has 2 heteroatoms. The van der Waals surface area contributed by atoms with Crippen molar-refractivity contribution in [2.45, 2.75) is 63.8 Å². The van der Waals surface area contributed by atoms with E-state index < -0.39 is 0 Å². The van der Waals surface area contributed by atoms with Crippen molar-refractivity contribution in [1.29, 1.82) is 0 Å². The van der Waals surface area contributed by atoms with Gasteiger partial charge in [-0.1, -0.05) is 56.5 Å². The zero-order chi connectivity index (χ0) is 13.8. The number of rotatable bonds is 3. The minimum absolute atomic E-state index is 0.674. The summed E-state index contributed by atoms with van der Waals surface area (Å²) in [5, 5.41) is 4.62. The molecular weight excluding hydrogens is 266 g/mol. The van der Waals surface area contributed by atoms with Crippen LogP contribution in [0.25, 0.3) is 0 Å². The molecule has 0 heterocycles. The van der Waals surface area contributed by atoms with Crippen molar-refractivity contribution in [2.24, 2.45) is 11.8 Å². The van der Waals surface area contributed by atoms with Crippen LogP contribution in [0, 0.1) is 11.8 Å². The van der Waals surface area contributed by atoms with E-state index >= 15 is 0 Å². The van der Waals surface area contributed by atoms with Gasteiger partial charge in [-0.3, -0.25) is 0 Å². The van der Waals surface area contributed by atoms with E-state index in [9.17, 15) is 0 Å². The van der Waals surface area contributed by atoms with Gasteiger partial charge in [0, 0.05) is 16.8 Å². The van der Waals surface area contributed by atoms with E-state index in [0.29, 0.717) is 6.04 Å². The average Bonchev–Trinajstić information content (AvgIpc) is 2.51. The van der Waals surface area contributed by atoms with Crippen molar-refractivity contribution in [3.05, 3.63) is 29.3 Å². The molecule has 0 aliphatic heterocycles. The first-order valence-electron chi connectivity index (χ1n) is 8.35. The summed E-state index contributed by atoms with van der Waals surface area (Å²) < 4.78 is 0. The van der Waals surface area contributed by atoms with Crippen LogP contribution >= 0.6 is 11.6 Å². The lowest BCUT2D eigenvalue weighted by Crippen LogP contribution is -2.37. The first-order valence-corrected chi connectivity index (χ1v) is 8.73. The Labute approximate surface area is 128 Å². The van der Waals surface area contributed by atoms with E-state index in [1.807, 2.05) is 12.1 Å². The number of hydrogen-bond acceptors (Lipinski definition) is 1. The lowest BCUT2D eigenvalue weighted by molar-refractivity contribution is 0.180. The van der Waals surface area contributed by atoms with E-state index in [1.165, 1.54) is 63.5 Å². The molecule has 1 N–H and O–H groups in total. The summed E-state index contributed by atoms with van der Waals surface area (Å²) in [5.74, 6) is 1.86. The molecule has 1 nitrogen and oxygen atoms in total. The molecule has 2 fully saturated rings. The quantitative estimate of drug-likeness (QED) is 0.732. The highest BCUT2D eigenvalue weighted by molar-refractivity contribution is 6.30. The SMILES string of the molecule is Clc1ccc(NC2CCCCC2C2CCCCC2)cc1. The van der Waals surface area contributed by atoms with Crippen molar-refractivity contribution < 1.29 is 0 Å². The Kier molecular flexibility index (Phi) is 4.88. The van der Waals surface area contributed by atoms with Gasteiger partial charge < -0.3 is 5.32 Å². The smallest absolute Gasteiger partial charge is 0.0407 e. The van der Waals surface area contributed by atoms with Gasteiger partial charge in [-0.15, -0.1) is 0 Å². The van der Waals surface area contributed by atoms with Crippen molar-refractivity contribution in [3.8, 4) is 0 Å². The van der Waals surface area contributed by atoms with Crippen molar-refractivity contribution in [2.75, 3.05) is 5.32 Å². The molecule has 1 aromatic rings. The zero-order valence-corrected chi connectivity index (χ0v) is 13.0. The Morgan fingerprint density at radius 3 is 2.20 bits per heavy atom. The van der Waals surface area contributed by atoms with Crippen molar-refractivity contribution in [1.82, 2.24) is 0 Å². The predicted molar refractivity (Wildman–Crippen MR) is 87.4 cm³/mol. The predicted octanol–water partition coefficient (Wildman–Crippen LogP) is 5.89. The molecule has 0 spiro atoms. The van der Waals surface area contributed by atoms with E-state index in [1.54, 1.807) is 0 Å². The van der Waals surface area contributed by atoms with Crippen LogP contribution in [0.4, 0.5) is 5.69 Å². The van der Waals surface area contributed by atoms with Gasteiger partial charge in [0.1, 0.15) is 0 Å². The molecule has 3 rings (SSSR count). The highest BCUT2D eigenvalue weighted by atomic mass is 35.5. The van der Waals surface area contributed by atoms with Gasteiger partial charge in [-0.05, 0) is 48.9 Å². The second-order valence-electron chi connectivity index (χ2n) is 6.60. The molecule has 2 aliphatic rings. The monoisotopic (exact) mass is 291 g/mol. The van der Waals surface area contributed by atoms with Gasteiger partial charge >= 0.3 is 0 Å². The summed E-state index contributed by atoms with van der Waals surface area (Å²) in [5.41, 5.74) is 1.24. The van der Waals surface area contributed by atoms with Gasteiger partial charge in [0.05, 0.1) is 0 Å². The number of benzene rings is 1. The molecule has 0 saturated heterocycles. The third-order valence-corrected chi connectivity index (χ3v) is 5.52. The first-order chi connectivity index (χ1) is 9.83. The highest BCUT2D eigenvalue weighted by Gasteiger charge is 2.32. The first kappa shape index (κ1) is 14.3. The molecule has 0 aromatic heterocycles. The Morgan fingerprint density at radius 2 is 1.45 bits per heavy atom. The van der Waals surface area contributed by atoms with Crippen LogP contribution < -0.4 is 5.32 Å². The molecule has 110 valence electrons. The number of nitrogens with one attached hydrogen (secondary N) is 1. The zero-order valence-electron chi connectivity index (χ0n) is 12.3. The number of anilines is 1. The van der Waals surface area contributed by atoms with E-state index in [4.69, 9.17) is 11.6 Å². The van der Waals surface area contributed by atoms with Crippen molar-refractivity contribution in [3.63, 3.8) is 0 Å². The highest BCUT2D eigenvalue weighted by Crippen LogP contribution is 2.39. The topological polar surface area (TPSA) is 12.0 Å². The fraction of sp³-hybridized carbons (Fsp3) is 0.667. The van der Waals surface area contributed by atoms with Crippen LogP contribution in [-0.4, -0.2) is 6.04 Å². The molecule has 2 unspecified atom stereocenters. The normalized spacial score (nSPS) is 28.2. The molecule has 0 radical (unpaired) electrons. The fourth-order valence-electron chi connectivity index (χ4n) is 4.23. The van der Waals surface area contributed by atoms with Gasteiger partial charge in [-0.25, -0.2) is 0 Å². The van der Waals surface area contributed by atoms with Crippen LogP contribution in [-0.2, 0) is 0 Å². The van der Waals surface area contributed by atoms with Gasteiger partial charge in [-0.2, -0.15) is 0 Å². The van der Waals surface area contributed by atoms with Gasteiger partial charge in [0.2, 0.25) is 0 Å². The molecular formula is C18H26ClN. The number of halogens is 1. The van der Waals surface area contributed by atoms with Crippen LogP contribution in [0.2, 0.25) is 5.02 Å². The Balaban J connectivity index is 1.66. The largest absolute Gasteiger partial charge is 0.382 e. The second-order valence-corrected chi connectivity index (χ2v) is 7.04. The van der Waals surface area contributed by atoms with Crippen LogP contribution in [0.1, 0.15) is 57.8 Å². The summed E-state index contributed by atoms with van der Waals surface area (Å²) >= 11 is 5.98. The molecule has 0 bridgehead atoms. The van der Waals surface area contributed by atoms with Gasteiger partial charge in [0.25, 0.3) is 0 Å². The minimum atomic E-state index is 0.674. The second kappa shape index (κ2) is 6.85. The van der Waals surface area contributed by atoms with E-state index in [0.717, 1.165) is 16.9 Å². The van der Waals surface area contributed by atoms with Gasteiger partial charge in [0.15, 0.2) is 0 Å². The maximum Gasteiger partial charge on any atom is 0.0407 e. The number of hydrogen-bond donors (Lipinski definition) is 1. The molecule has 2 saturated carbocycles. The summed E-state index contributed by atoms with van der Waals surface area (Å²) in [6.07, 6.45) is 12.9. The summed E-state index contributed by atoms with van der Waals surface area (Å²) in [7, 11) is 0. The Hall–Kier alpha value is -0.690. The average molecular weight is 292 g/mol. The Bertz CT molecular complexity index is 408. The maximum atomic E-state index is 5.98. The lowest BCUT2D eigenvalue weighted by Gasteiger charge is -2.39. The molecule has 0 amide bonds. The third-order valence-electron chi connectivity index (χ3n) is 5.27.